The molecule has 7 heteroatoms. The number of hydrogen-bond acceptors (Lipinski definition) is 5. The third kappa shape index (κ3) is 4.39. The van der Waals surface area contributed by atoms with Gasteiger partial charge in [0.2, 0.25) is 0 Å². The standard InChI is InChI=1S/C23H18N2O5/c1-14-19(4-3-5-20(14)23(27)28)21-11-10-18(30-21)12-15(13-24)22(26)25-16-6-8-17(29-2)9-7-16/h3-12H,1-2H3,(H,25,26)(H,27,28)/b15-12-. The molecule has 3 rings (SSSR count). The van der Waals surface area contributed by atoms with E-state index in [9.17, 15) is 20.0 Å². The first-order chi connectivity index (χ1) is 14.4. The summed E-state index contributed by atoms with van der Waals surface area (Å²) >= 11 is 0. The number of benzene rings is 2. The summed E-state index contributed by atoms with van der Waals surface area (Å²) in [6.45, 7) is 1.69. The summed E-state index contributed by atoms with van der Waals surface area (Å²) in [5, 5.41) is 21.3. The number of carboxylic acids is 1. The van der Waals surface area contributed by atoms with Crippen molar-refractivity contribution in [1.29, 1.82) is 5.26 Å². The van der Waals surface area contributed by atoms with Crippen molar-refractivity contribution < 1.29 is 23.8 Å². The fourth-order valence-electron chi connectivity index (χ4n) is 2.87. The average Bonchev–Trinajstić information content (AvgIpc) is 3.20. The zero-order chi connectivity index (χ0) is 21.7. The zero-order valence-corrected chi connectivity index (χ0v) is 16.3. The number of carbonyl (C=O) groups is 2. The fraction of sp³-hybridized carbons (Fsp3) is 0.0870. The maximum Gasteiger partial charge on any atom is 0.335 e. The molecule has 0 spiro atoms. The summed E-state index contributed by atoms with van der Waals surface area (Å²) in [6, 6.07) is 16.7. The van der Waals surface area contributed by atoms with Crippen molar-refractivity contribution >= 4 is 23.6 Å². The number of amides is 1. The minimum atomic E-state index is -1.03. The van der Waals surface area contributed by atoms with Crippen LogP contribution in [0.1, 0.15) is 21.7 Å². The Kier molecular flexibility index (Phi) is 5.99. The van der Waals surface area contributed by atoms with Crippen molar-refractivity contribution in [1.82, 2.24) is 0 Å². The van der Waals surface area contributed by atoms with E-state index in [0.717, 1.165) is 0 Å². The van der Waals surface area contributed by atoms with Crippen molar-refractivity contribution in [3.8, 4) is 23.1 Å². The number of furan rings is 1. The number of rotatable bonds is 6. The van der Waals surface area contributed by atoms with E-state index in [-0.39, 0.29) is 11.1 Å². The van der Waals surface area contributed by atoms with Crippen LogP contribution in [0.15, 0.2) is 64.6 Å². The Labute approximate surface area is 172 Å². The van der Waals surface area contributed by atoms with E-state index in [1.807, 2.05) is 6.07 Å². The van der Waals surface area contributed by atoms with Crippen molar-refractivity contribution in [2.75, 3.05) is 12.4 Å². The fourth-order valence-corrected chi connectivity index (χ4v) is 2.87. The van der Waals surface area contributed by atoms with Crippen molar-refractivity contribution in [3.05, 3.63) is 77.1 Å². The summed E-state index contributed by atoms with van der Waals surface area (Å²) < 4.78 is 10.8. The van der Waals surface area contributed by atoms with Gasteiger partial charge in [0.25, 0.3) is 5.91 Å². The number of nitrogens with zero attached hydrogens (tertiary/aromatic N) is 1. The van der Waals surface area contributed by atoms with Crippen molar-refractivity contribution in [2.24, 2.45) is 0 Å². The molecule has 2 N–H and O–H groups in total. The molecule has 1 heterocycles. The second-order valence-electron chi connectivity index (χ2n) is 6.34. The molecule has 3 aromatic rings. The Hall–Kier alpha value is -4.31. The number of hydrogen-bond donors (Lipinski definition) is 2. The maximum atomic E-state index is 12.4. The number of nitriles is 1. The molecule has 0 unspecified atom stereocenters. The Balaban J connectivity index is 1.83. The highest BCUT2D eigenvalue weighted by Gasteiger charge is 2.15. The van der Waals surface area contributed by atoms with Gasteiger partial charge in [-0.2, -0.15) is 5.26 Å². The maximum absolute atomic E-state index is 12.4. The van der Waals surface area contributed by atoms with Crippen LogP contribution in [0, 0.1) is 18.3 Å². The quantitative estimate of drug-likeness (QED) is 0.463. The first kappa shape index (κ1) is 20.4. The molecule has 0 aliphatic carbocycles. The predicted octanol–water partition coefficient (Wildman–Crippen LogP) is 4.51. The molecule has 2 aromatic carbocycles. The molecule has 0 atom stereocenters. The average molecular weight is 402 g/mol. The lowest BCUT2D eigenvalue weighted by atomic mass is 10.0. The van der Waals surface area contributed by atoms with Crippen LogP contribution in [0.25, 0.3) is 17.4 Å². The lowest BCUT2D eigenvalue weighted by Crippen LogP contribution is -2.13. The number of aromatic carboxylic acids is 1. The molecule has 1 aromatic heterocycles. The number of nitrogens with one attached hydrogen (secondary N) is 1. The van der Waals surface area contributed by atoms with E-state index >= 15 is 0 Å². The van der Waals surface area contributed by atoms with Gasteiger partial charge in [0.1, 0.15) is 28.9 Å². The van der Waals surface area contributed by atoms with E-state index in [0.29, 0.717) is 34.1 Å². The Bertz CT molecular complexity index is 1170. The molecule has 0 saturated carbocycles. The number of carboxylic acid groups (broad SMARTS) is 1. The number of ether oxygens (including phenoxy) is 1. The Morgan fingerprint density at radius 1 is 1.13 bits per heavy atom. The van der Waals surface area contributed by atoms with Crippen LogP contribution in [0.5, 0.6) is 5.75 Å². The molecular formula is C23H18N2O5. The Morgan fingerprint density at radius 2 is 1.87 bits per heavy atom. The van der Waals surface area contributed by atoms with Gasteiger partial charge in [0.15, 0.2) is 0 Å². The van der Waals surface area contributed by atoms with Crippen molar-refractivity contribution in [3.63, 3.8) is 0 Å². The molecule has 150 valence electrons. The second-order valence-corrected chi connectivity index (χ2v) is 6.34. The van der Waals surface area contributed by atoms with Gasteiger partial charge in [-0.1, -0.05) is 12.1 Å². The molecule has 0 radical (unpaired) electrons. The van der Waals surface area contributed by atoms with Crippen LogP contribution in [-0.2, 0) is 4.79 Å². The third-order valence-electron chi connectivity index (χ3n) is 4.46. The lowest BCUT2D eigenvalue weighted by Gasteiger charge is -2.06. The van der Waals surface area contributed by atoms with Gasteiger partial charge < -0.3 is 19.6 Å². The number of methoxy groups -OCH3 is 1. The molecule has 0 aliphatic heterocycles. The first-order valence-corrected chi connectivity index (χ1v) is 8.93. The third-order valence-corrected chi connectivity index (χ3v) is 4.46. The molecular weight excluding hydrogens is 384 g/mol. The largest absolute Gasteiger partial charge is 0.497 e. The summed E-state index contributed by atoms with van der Waals surface area (Å²) in [4.78, 5) is 23.7. The summed E-state index contributed by atoms with van der Waals surface area (Å²) in [7, 11) is 1.54. The smallest absolute Gasteiger partial charge is 0.335 e. The van der Waals surface area contributed by atoms with Gasteiger partial charge in [-0.15, -0.1) is 0 Å². The molecule has 0 bridgehead atoms. The van der Waals surface area contributed by atoms with Gasteiger partial charge in [0, 0.05) is 17.3 Å². The predicted molar refractivity (Wildman–Crippen MR) is 111 cm³/mol. The Morgan fingerprint density at radius 3 is 2.50 bits per heavy atom. The molecule has 1 amide bonds. The summed E-state index contributed by atoms with van der Waals surface area (Å²) in [6.07, 6.45) is 1.33. The van der Waals surface area contributed by atoms with Gasteiger partial charge in [0.05, 0.1) is 12.7 Å². The summed E-state index contributed by atoms with van der Waals surface area (Å²) in [5.41, 5.74) is 1.74. The highest BCUT2D eigenvalue weighted by molar-refractivity contribution is 6.09. The van der Waals surface area contributed by atoms with Gasteiger partial charge in [-0.3, -0.25) is 4.79 Å². The minimum Gasteiger partial charge on any atom is -0.497 e. The lowest BCUT2D eigenvalue weighted by molar-refractivity contribution is -0.112. The monoisotopic (exact) mass is 402 g/mol. The van der Waals surface area contributed by atoms with E-state index in [2.05, 4.69) is 5.32 Å². The van der Waals surface area contributed by atoms with Gasteiger partial charge in [-0.25, -0.2) is 4.79 Å². The van der Waals surface area contributed by atoms with Gasteiger partial charge >= 0.3 is 5.97 Å². The normalized spacial score (nSPS) is 10.9. The molecule has 0 aliphatic rings. The van der Waals surface area contributed by atoms with Crippen LogP contribution in [-0.4, -0.2) is 24.1 Å². The van der Waals surface area contributed by atoms with E-state index in [4.69, 9.17) is 9.15 Å². The molecule has 30 heavy (non-hydrogen) atoms. The van der Waals surface area contributed by atoms with E-state index in [1.54, 1.807) is 62.6 Å². The van der Waals surface area contributed by atoms with Crippen LogP contribution in [0.3, 0.4) is 0 Å². The van der Waals surface area contributed by atoms with Crippen LogP contribution in [0.4, 0.5) is 5.69 Å². The summed E-state index contributed by atoms with van der Waals surface area (Å²) in [5.74, 6) is -0.219. The number of anilines is 1. The number of carbonyl (C=O) groups excluding carboxylic acids is 1. The zero-order valence-electron chi connectivity index (χ0n) is 16.3. The van der Waals surface area contributed by atoms with Crippen LogP contribution >= 0.6 is 0 Å². The second kappa shape index (κ2) is 8.80. The van der Waals surface area contributed by atoms with Crippen LogP contribution in [0.2, 0.25) is 0 Å². The topological polar surface area (TPSA) is 113 Å². The highest BCUT2D eigenvalue weighted by atomic mass is 16.5. The SMILES string of the molecule is COc1ccc(NC(=O)/C(C#N)=C\c2ccc(-c3cccc(C(=O)O)c3C)o2)cc1. The minimum absolute atomic E-state index is 0.136. The van der Waals surface area contributed by atoms with Gasteiger partial charge in [-0.05, 0) is 55.0 Å². The molecule has 0 saturated heterocycles. The highest BCUT2D eigenvalue weighted by Crippen LogP contribution is 2.28. The van der Waals surface area contributed by atoms with Crippen LogP contribution < -0.4 is 10.1 Å². The van der Waals surface area contributed by atoms with E-state index in [1.165, 1.54) is 12.1 Å². The van der Waals surface area contributed by atoms with E-state index < -0.39 is 11.9 Å². The molecule has 7 nitrogen and oxygen atoms in total. The first-order valence-electron chi connectivity index (χ1n) is 8.93. The van der Waals surface area contributed by atoms with Crippen molar-refractivity contribution in [2.45, 2.75) is 6.92 Å². The molecule has 0 fully saturated rings.